The lowest BCUT2D eigenvalue weighted by molar-refractivity contribution is 0.302. The van der Waals surface area contributed by atoms with Crippen LogP contribution < -0.4 is 10.5 Å². The number of rotatable bonds is 6. The Hall–Kier alpha value is -1.87. The SMILES string of the molecule is NC(CCc1cccnc1)c1cccc(OC2CC2)c1. The van der Waals surface area contributed by atoms with Gasteiger partial charge in [0, 0.05) is 18.4 Å². The molecule has 1 unspecified atom stereocenters. The highest BCUT2D eigenvalue weighted by Crippen LogP contribution is 2.28. The molecule has 1 aliphatic rings. The number of aromatic nitrogens is 1. The number of nitrogens with zero attached hydrogens (tertiary/aromatic N) is 1. The summed E-state index contributed by atoms with van der Waals surface area (Å²) in [7, 11) is 0. The Morgan fingerprint density at radius 2 is 2.15 bits per heavy atom. The highest BCUT2D eigenvalue weighted by molar-refractivity contribution is 5.31. The molecule has 2 N–H and O–H groups in total. The van der Waals surface area contributed by atoms with Gasteiger partial charge in [-0.3, -0.25) is 4.98 Å². The molecule has 1 atom stereocenters. The number of benzene rings is 1. The van der Waals surface area contributed by atoms with Crippen LogP contribution in [0.25, 0.3) is 0 Å². The van der Waals surface area contributed by atoms with Crippen LogP contribution >= 0.6 is 0 Å². The average Bonchev–Trinajstić information content (AvgIpc) is 3.30. The third-order valence-corrected chi connectivity index (χ3v) is 3.58. The van der Waals surface area contributed by atoms with Gasteiger partial charge < -0.3 is 10.5 Å². The number of aryl methyl sites for hydroxylation is 1. The molecule has 104 valence electrons. The van der Waals surface area contributed by atoms with Crippen molar-refractivity contribution in [2.75, 3.05) is 0 Å². The van der Waals surface area contributed by atoms with E-state index in [1.807, 2.05) is 24.4 Å². The number of ether oxygens (including phenoxy) is 1. The second kappa shape index (κ2) is 6.06. The van der Waals surface area contributed by atoms with Gasteiger partial charge in [-0.05, 0) is 55.0 Å². The van der Waals surface area contributed by atoms with Gasteiger partial charge in [0.2, 0.25) is 0 Å². The summed E-state index contributed by atoms with van der Waals surface area (Å²) in [6, 6.07) is 12.3. The topological polar surface area (TPSA) is 48.1 Å². The van der Waals surface area contributed by atoms with Crippen molar-refractivity contribution in [3.8, 4) is 5.75 Å². The lowest BCUT2D eigenvalue weighted by Gasteiger charge is -2.13. The molecule has 3 nitrogen and oxygen atoms in total. The summed E-state index contributed by atoms with van der Waals surface area (Å²) < 4.78 is 5.81. The molecule has 3 rings (SSSR count). The van der Waals surface area contributed by atoms with Crippen LogP contribution in [0.4, 0.5) is 0 Å². The zero-order valence-electron chi connectivity index (χ0n) is 11.5. The predicted octanol–water partition coefficient (Wildman–Crippen LogP) is 3.26. The lowest BCUT2D eigenvalue weighted by Crippen LogP contribution is -2.11. The Labute approximate surface area is 119 Å². The van der Waals surface area contributed by atoms with Crippen LogP contribution in [0.15, 0.2) is 48.8 Å². The van der Waals surface area contributed by atoms with Crippen molar-refractivity contribution in [1.82, 2.24) is 4.98 Å². The van der Waals surface area contributed by atoms with E-state index in [0.717, 1.165) is 24.2 Å². The Balaban J connectivity index is 1.59. The van der Waals surface area contributed by atoms with Gasteiger partial charge in [-0.2, -0.15) is 0 Å². The van der Waals surface area contributed by atoms with E-state index in [2.05, 4.69) is 23.2 Å². The fourth-order valence-electron chi connectivity index (χ4n) is 2.23. The summed E-state index contributed by atoms with van der Waals surface area (Å²) in [6.45, 7) is 0. The van der Waals surface area contributed by atoms with Gasteiger partial charge in [0.05, 0.1) is 6.10 Å². The van der Waals surface area contributed by atoms with Gasteiger partial charge in [-0.25, -0.2) is 0 Å². The second-order valence-corrected chi connectivity index (χ2v) is 5.40. The molecule has 0 spiro atoms. The fraction of sp³-hybridized carbons (Fsp3) is 0.353. The number of hydrogen-bond donors (Lipinski definition) is 1. The second-order valence-electron chi connectivity index (χ2n) is 5.40. The molecule has 1 aliphatic carbocycles. The summed E-state index contributed by atoms with van der Waals surface area (Å²) in [5.74, 6) is 0.946. The summed E-state index contributed by atoms with van der Waals surface area (Å²) in [5, 5.41) is 0. The molecule has 20 heavy (non-hydrogen) atoms. The molecule has 0 aliphatic heterocycles. The van der Waals surface area contributed by atoms with Crippen LogP contribution in [-0.4, -0.2) is 11.1 Å². The van der Waals surface area contributed by atoms with Crippen molar-refractivity contribution in [2.45, 2.75) is 37.8 Å². The van der Waals surface area contributed by atoms with Crippen LogP contribution in [-0.2, 0) is 6.42 Å². The van der Waals surface area contributed by atoms with Gasteiger partial charge in [0.15, 0.2) is 0 Å². The molecule has 0 saturated heterocycles. The minimum absolute atomic E-state index is 0.0398. The van der Waals surface area contributed by atoms with Crippen LogP contribution in [0.1, 0.15) is 36.4 Å². The van der Waals surface area contributed by atoms with E-state index in [4.69, 9.17) is 10.5 Å². The van der Waals surface area contributed by atoms with E-state index in [9.17, 15) is 0 Å². The molecule has 0 amide bonds. The van der Waals surface area contributed by atoms with Crippen molar-refractivity contribution < 1.29 is 4.74 Å². The molecule has 0 bridgehead atoms. The summed E-state index contributed by atoms with van der Waals surface area (Å²) in [4.78, 5) is 4.13. The van der Waals surface area contributed by atoms with Crippen LogP contribution in [0.5, 0.6) is 5.75 Å². The van der Waals surface area contributed by atoms with E-state index in [1.165, 1.54) is 18.4 Å². The Morgan fingerprint density at radius 3 is 2.90 bits per heavy atom. The number of nitrogens with two attached hydrogens (primary N) is 1. The van der Waals surface area contributed by atoms with E-state index >= 15 is 0 Å². The van der Waals surface area contributed by atoms with Crippen molar-refractivity contribution in [3.05, 3.63) is 59.9 Å². The van der Waals surface area contributed by atoms with Gasteiger partial charge in [-0.1, -0.05) is 18.2 Å². The van der Waals surface area contributed by atoms with Gasteiger partial charge in [-0.15, -0.1) is 0 Å². The van der Waals surface area contributed by atoms with E-state index in [0.29, 0.717) is 6.10 Å². The maximum absolute atomic E-state index is 6.28. The molecule has 3 heteroatoms. The first-order chi connectivity index (χ1) is 9.81. The summed E-state index contributed by atoms with van der Waals surface area (Å²) >= 11 is 0. The molecule has 1 aromatic carbocycles. The van der Waals surface area contributed by atoms with Crippen LogP contribution in [0.2, 0.25) is 0 Å². The van der Waals surface area contributed by atoms with Gasteiger partial charge in [0.1, 0.15) is 5.75 Å². The lowest BCUT2D eigenvalue weighted by atomic mass is 10.0. The fourth-order valence-corrected chi connectivity index (χ4v) is 2.23. The molecule has 0 radical (unpaired) electrons. The quantitative estimate of drug-likeness (QED) is 0.874. The Kier molecular flexibility index (Phi) is 3.97. The maximum atomic E-state index is 6.28. The van der Waals surface area contributed by atoms with Gasteiger partial charge in [0.25, 0.3) is 0 Å². The van der Waals surface area contributed by atoms with Crippen LogP contribution in [0, 0.1) is 0 Å². The largest absolute Gasteiger partial charge is 0.490 e. The van der Waals surface area contributed by atoms with Crippen molar-refractivity contribution in [1.29, 1.82) is 0 Å². The van der Waals surface area contributed by atoms with Crippen molar-refractivity contribution in [2.24, 2.45) is 5.73 Å². The first kappa shape index (κ1) is 13.1. The standard InChI is InChI=1S/C17H20N2O/c18-17(9-6-13-3-2-10-19-12-13)14-4-1-5-16(11-14)20-15-7-8-15/h1-5,10-12,15,17H,6-9,18H2. The molecule has 1 saturated carbocycles. The number of pyridine rings is 1. The maximum Gasteiger partial charge on any atom is 0.120 e. The zero-order chi connectivity index (χ0) is 13.8. The molecule has 2 aromatic rings. The predicted molar refractivity (Wildman–Crippen MR) is 79.6 cm³/mol. The van der Waals surface area contributed by atoms with E-state index < -0.39 is 0 Å². The normalized spacial score (nSPS) is 15.8. The molecular weight excluding hydrogens is 248 g/mol. The third kappa shape index (κ3) is 3.58. The van der Waals surface area contributed by atoms with Crippen molar-refractivity contribution in [3.63, 3.8) is 0 Å². The zero-order valence-corrected chi connectivity index (χ0v) is 11.5. The van der Waals surface area contributed by atoms with Crippen molar-refractivity contribution >= 4 is 0 Å². The molecule has 1 fully saturated rings. The van der Waals surface area contributed by atoms with Crippen LogP contribution in [0.3, 0.4) is 0 Å². The molecule has 1 heterocycles. The monoisotopic (exact) mass is 268 g/mol. The first-order valence-electron chi connectivity index (χ1n) is 7.22. The third-order valence-electron chi connectivity index (χ3n) is 3.58. The Bertz CT molecular complexity index is 552. The highest BCUT2D eigenvalue weighted by Gasteiger charge is 2.23. The number of hydrogen-bond acceptors (Lipinski definition) is 3. The van der Waals surface area contributed by atoms with E-state index in [-0.39, 0.29) is 6.04 Å². The minimum Gasteiger partial charge on any atom is -0.490 e. The summed E-state index contributed by atoms with van der Waals surface area (Å²) in [5.41, 5.74) is 8.66. The highest BCUT2D eigenvalue weighted by atomic mass is 16.5. The summed E-state index contributed by atoms with van der Waals surface area (Å²) in [6.07, 6.45) is 8.34. The van der Waals surface area contributed by atoms with Gasteiger partial charge >= 0.3 is 0 Å². The molecular formula is C17H20N2O. The average molecular weight is 268 g/mol. The Morgan fingerprint density at radius 1 is 1.25 bits per heavy atom. The smallest absolute Gasteiger partial charge is 0.120 e. The molecule has 1 aromatic heterocycles. The first-order valence-corrected chi connectivity index (χ1v) is 7.22. The minimum atomic E-state index is 0.0398. The van der Waals surface area contributed by atoms with E-state index in [1.54, 1.807) is 6.20 Å².